The lowest BCUT2D eigenvalue weighted by Crippen LogP contribution is -2.42. The lowest BCUT2D eigenvalue weighted by Gasteiger charge is -2.34. The predicted octanol–water partition coefficient (Wildman–Crippen LogP) is 2.04. The second-order valence-corrected chi connectivity index (χ2v) is 6.71. The summed E-state index contributed by atoms with van der Waals surface area (Å²) < 4.78 is 32.2. The fraction of sp³-hybridized carbons (Fsp3) is 0.250. The number of imidazole rings is 1. The van der Waals surface area contributed by atoms with Crippen LogP contribution in [0, 0.1) is 0 Å². The number of sulfonamides is 1. The molecule has 106 valence electrons. The minimum Gasteiger partial charge on any atom is -0.485 e. The van der Waals surface area contributed by atoms with E-state index < -0.39 is 10.0 Å². The van der Waals surface area contributed by atoms with Crippen LogP contribution in [0.25, 0.3) is 0 Å². The monoisotopic (exact) mass is 313 g/mol. The number of aromatic nitrogens is 2. The molecule has 0 fully saturated rings. The van der Waals surface area contributed by atoms with Gasteiger partial charge in [-0.3, -0.25) is 4.31 Å². The third-order valence-electron chi connectivity index (χ3n) is 3.00. The van der Waals surface area contributed by atoms with Crippen LogP contribution < -0.4 is 9.04 Å². The highest BCUT2D eigenvalue weighted by molar-refractivity contribution is 7.92. The standard InChI is InChI=1S/C12H12ClN3O3S/c1-8-6-16(20(17,18)11-5-14-7-15-11)10-4-2-3-9(13)12(10)19-8/h2-5,7-8H,6H2,1H3,(H,14,15). The number of hydrogen-bond acceptors (Lipinski definition) is 4. The van der Waals surface area contributed by atoms with Gasteiger partial charge in [0.25, 0.3) is 10.0 Å². The lowest BCUT2D eigenvalue weighted by atomic mass is 10.2. The molecule has 0 spiro atoms. The van der Waals surface area contributed by atoms with E-state index in [2.05, 4.69) is 9.97 Å². The summed E-state index contributed by atoms with van der Waals surface area (Å²) in [5, 5.41) is 0.427. The molecule has 1 aromatic carbocycles. The molecular weight excluding hydrogens is 302 g/mol. The molecule has 6 nitrogen and oxygen atoms in total. The number of benzene rings is 1. The quantitative estimate of drug-likeness (QED) is 0.920. The average Bonchev–Trinajstić information content (AvgIpc) is 2.93. The Hall–Kier alpha value is -1.73. The number of fused-ring (bicyclic) bond motifs is 1. The van der Waals surface area contributed by atoms with Crippen molar-refractivity contribution in [2.45, 2.75) is 18.1 Å². The maximum absolute atomic E-state index is 12.6. The predicted molar refractivity (Wildman–Crippen MR) is 74.7 cm³/mol. The maximum Gasteiger partial charge on any atom is 0.281 e. The molecule has 20 heavy (non-hydrogen) atoms. The zero-order chi connectivity index (χ0) is 14.3. The molecule has 1 aliphatic heterocycles. The van der Waals surface area contributed by atoms with Gasteiger partial charge in [0.05, 0.1) is 29.8 Å². The Balaban J connectivity index is 2.15. The molecule has 0 aliphatic carbocycles. The van der Waals surface area contributed by atoms with Crippen LogP contribution in [-0.2, 0) is 10.0 Å². The highest BCUT2D eigenvalue weighted by atomic mass is 35.5. The van der Waals surface area contributed by atoms with Crippen molar-refractivity contribution in [3.05, 3.63) is 35.7 Å². The van der Waals surface area contributed by atoms with Crippen LogP contribution in [-0.4, -0.2) is 31.0 Å². The number of nitrogens with zero attached hydrogens (tertiary/aromatic N) is 2. The van der Waals surface area contributed by atoms with E-state index in [4.69, 9.17) is 16.3 Å². The number of aromatic amines is 1. The first-order valence-corrected chi connectivity index (χ1v) is 7.78. The Bertz CT molecular complexity index is 730. The highest BCUT2D eigenvalue weighted by Crippen LogP contribution is 2.41. The molecule has 2 heterocycles. The molecule has 2 aromatic rings. The van der Waals surface area contributed by atoms with Crippen molar-refractivity contribution in [2.24, 2.45) is 0 Å². The van der Waals surface area contributed by atoms with Crippen LogP contribution in [0.2, 0.25) is 5.02 Å². The van der Waals surface area contributed by atoms with Gasteiger partial charge < -0.3 is 9.72 Å². The number of halogens is 1. The van der Waals surface area contributed by atoms with Crippen LogP contribution in [0.5, 0.6) is 5.75 Å². The molecule has 0 amide bonds. The third kappa shape index (κ3) is 2.03. The van der Waals surface area contributed by atoms with Gasteiger partial charge in [-0.15, -0.1) is 0 Å². The Morgan fingerprint density at radius 2 is 2.30 bits per heavy atom. The first-order chi connectivity index (χ1) is 9.50. The maximum atomic E-state index is 12.6. The van der Waals surface area contributed by atoms with E-state index in [0.717, 1.165) is 0 Å². The Labute approximate surface area is 121 Å². The summed E-state index contributed by atoms with van der Waals surface area (Å²) in [5.74, 6) is 0.385. The van der Waals surface area contributed by atoms with E-state index in [-0.39, 0.29) is 17.7 Å². The molecule has 8 heteroatoms. The molecular formula is C12H12ClN3O3S. The second-order valence-electron chi connectivity index (χ2n) is 4.47. The van der Waals surface area contributed by atoms with Crippen molar-refractivity contribution in [1.82, 2.24) is 9.97 Å². The minimum absolute atomic E-state index is 0.0394. The van der Waals surface area contributed by atoms with Crippen molar-refractivity contribution >= 4 is 27.3 Å². The van der Waals surface area contributed by atoms with Crippen LogP contribution in [0.15, 0.2) is 35.7 Å². The van der Waals surface area contributed by atoms with Gasteiger partial charge in [0, 0.05) is 0 Å². The Morgan fingerprint density at radius 1 is 1.50 bits per heavy atom. The lowest BCUT2D eigenvalue weighted by molar-refractivity contribution is 0.219. The van der Waals surface area contributed by atoms with E-state index in [9.17, 15) is 8.42 Å². The molecule has 0 saturated heterocycles. The van der Waals surface area contributed by atoms with E-state index in [1.165, 1.54) is 16.8 Å². The van der Waals surface area contributed by atoms with Gasteiger partial charge in [0.2, 0.25) is 0 Å². The van der Waals surface area contributed by atoms with Crippen molar-refractivity contribution in [3.8, 4) is 5.75 Å². The molecule has 0 saturated carbocycles. The summed E-state index contributed by atoms with van der Waals surface area (Å²) in [7, 11) is -3.71. The average molecular weight is 314 g/mol. The third-order valence-corrected chi connectivity index (χ3v) is 5.00. The fourth-order valence-electron chi connectivity index (χ4n) is 2.11. The first-order valence-electron chi connectivity index (χ1n) is 5.96. The fourth-order valence-corrected chi connectivity index (χ4v) is 3.77. The van der Waals surface area contributed by atoms with E-state index >= 15 is 0 Å². The number of rotatable bonds is 2. The normalized spacial score (nSPS) is 18.5. The minimum atomic E-state index is -3.71. The van der Waals surface area contributed by atoms with Crippen molar-refractivity contribution < 1.29 is 13.2 Å². The zero-order valence-electron chi connectivity index (χ0n) is 10.6. The number of hydrogen-bond donors (Lipinski definition) is 1. The van der Waals surface area contributed by atoms with Gasteiger partial charge in [-0.25, -0.2) is 4.98 Å². The van der Waals surface area contributed by atoms with Gasteiger partial charge in [0.15, 0.2) is 10.8 Å². The van der Waals surface area contributed by atoms with Crippen LogP contribution >= 0.6 is 11.6 Å². The number of H-pyrrole nitrogens is 1. The Morgan fingerprint density at radius 3 is 3.00 bits per heavy atom. The number of nitrogens with one attached hydrogen (secondary N) is 1. The van der Waals surface area contributed by atoms with Crippen LogP contribution in [0.4, 0.5) is 5.69 Å². The SMILES string of the molecule is CC1CN(S(=O)(=O)c2cnc[nH]2)c2cccc(Cl)c2O1. The first kappa shape index (κ1) is 13.3. The largest absolute Gasteiger partial charge is 0.485 e. The van der Waals surface area contributed by atoms with Crippen molar-refractivity contribution in [3.63, 3.8) is 0 Å². The summed E-state index contributed by atoms with van der Waals surface area (Å²) in [4.78, 5) is 6.38. The van der Waals surface area contributed by atoms with E-state index in [1.807, 2.05) is 0 Å². The zero-order valence-corrected chi connectivity index (χ0v) is 12.1. The number of para-hydroxylation sites is 1. The summed E-state index contributed by atoms with van der Waals surface area (Å²) in [5.41, 5.74) is 0.435. The van der Waals surface area contributed by atoms with E-state index in [1.54, 1.807) is 25.1 Å². The summed E-state index contributed by atoms with van der Waals surface area (Å²) in [6.45, 7) is 2.01. The molecule has 1 aromatic heterocycles. The van der Waals surface area contributed by atoms with Gasteiger partial charge >= 0.3 is 0 Å². The topological polar surface area (TPSA) is 75.3 Å². The molecule has 3 rings (SSSR count). The Kier molecular flexibility index (Phi) is 3.10. The number of ether oxygens (including phenoxy) is 1. The molecule has 1 atom stereocenters. The molecule has 0 radical (unpaired) electrons. The van der Waals surface area contributed by atoms with E-state index in [0.29, 0.717) is 16.5 Å². The smallest absolute Gasteiger partial charge is 0.281 e. The van der Waals surface area contributed by atoms with Gasteiger partial charge in [-0.2, -0.15) is 8.42 Å². The van der Waals surface area contributed by atoms with Crippen molar-refractivity contribution in [1.29, 1.82) is 0 Å². The molecule has 1 aliphatic rings. The van der Waals surface area contributed by atoms with Crippen LogP contribution in [0.3, 0.4) is 0 Å². The summed E-state index contributed by atoms with van der Waals surface area (Å²) >= 11 is 6.08. The van der Waals surface area contributed by atoms with Gasteiger partial charge in [-0.1, -0.05) is 17.7 Å². The molecule has 0 bridgehead atoms. The molecule has 1 N–H and O–H groups in total. The second kappa shape index (κ2) is 4.68. The van der Waals surface area contributed by atoms with Crippen LogP contribution in [0.1, 0.15) is 6.92 Å². The van der Waals surface area contributed by atoms with Crippen molar-refractivity contribution in [2.75, 3.05) is 10.8 Å². The summed E-state index contributed by atoms with van der Waals surface area (Å²) in [6, 6.07) is 5.02. The van der Waals surface area contributed by atoms with Gasteiger partial charge in [0.1, 0.15) is 6.10 Å². The van der Waals surface area contributed by atoms with Gasteiger partial charge in [-0.05, 0) is 19.1 Å². The summed E-state index contributed by atoms with van der Waals surface area (Å²) in [6.07, 6.45) is 2.31. The number of anilines is 1. The molecule has 1 unspecified atom stereocenters. The highest BCUT2D eigenvalue weighted by Gasteiger charge is 2.34.